The third-order valence-corrected chi connectivity index (χ3v) is 2.56. The fraction of sp³-hybridized carbons (Fsp3) is 1.00. The zero-order valence-electron chi connectivity index (χ0n) is 11.9. The Morgan fingerprint density at radius 3 is 1.31 bits per heavy atom. The van der Waals surface area contributed by atoms with Crippen molar-refractivity contribution in [1.82, 2.24) is 5.32 Å². The topological polar surface area (TPSA) is 38.0 Å². The zero-order chi connectivity index (χ0) is 12.5. The highest BCUT2D eigenvalue weighted by atomic mass is 14.7. The molecule has 0 heterocycles. The highest BCUT2D eigenvalue weighted by Crippen LogP contribution is 2.09. The Morgan fingerprint density at radius 2 is 1.00 bits per heavy atom. The molecule has 2 heteroatoms. The fourth-order valence-electron chi connectivity index (χ4n) is 1.63. The van der Waals surface area contributed by atoms with E-state index in [0.717, 1.165) is 6.54 Å². The molecule has 0 aromatic heterocycles. The molecule has 2 nitrogen and oxygen atoms in total. The van der Waals surface area contributed by atoms with E-state index in [4.69, 9.17) is 5.73 Å². The summed E-state index contributed by atoms with van der Waals surface area (Å²) in [7, 11) is 3.75. The maximum atomic E-state index is 5.42. The third kappa shape index (κ3) is 23.6. The predicted octanol–water partition coefficient (Wildman–Crippen LogP) is 3.70. The maximum absolute atomic E-state index is 5.42. The van der Waals surface area contributed by atoms with Gasteiger partial charge >= 0.3 is 0 Å². The van der Waals surface area contributed by atoms with Gasteiger partial charge in [0.05, 0.1) is 0 Å². The molecule has 0 spiro atoms. The summed E-state index contributed by atoms with van der Waals surface area (Å²) >= 11 is 0. The van der Waals surface area contributed by atoms with Crippen LogP contribution in [0.4, 0.5) is 0 Å². The Morgan fingerprint density at radius 1 is 0.688 bits per heavy atom. The van der Waals surface area contributed by atoms with E-state index in [1.54, 1.807) is 0 Å². The summed E-state index contributed by atoms with van der Waals surface area (Å²) in [5.41, 5.74) is 5.42. The normalized spacial score (nSPS) is 9.75. The van der Waals surface area contributed by atoms with E-state index in [1.165, 1.54) is 64.2 Å². The molecular weight excluding hydrogens is 196 g/mol. The first-order valence-electron chi connectivity index (χ1n) is 7.12. The van der Waals surface area contributed by atoms with Crippen molar-refractivity contribution in [2.24, 2.45) is 5.73 Å². The molecule has 3 N–H and O–H groups in total. The highest BCUT2D eigenvalue weighted by Gasteiger charge is 1.91. The van der Waals surface area contributed by atoms with Crippen molar-refractivity contribution < 1.29 is 0 Å². The van der Waals surface area contributed by atoms with Crippen molar-refractivity contribution in [3.05, 3.63) is 0 Å². The highest BCUT2D eigenvalue weighted by molar-refractivity contribution is 4.47. The van der Waals surface area contributed by atoms with Crippen molar-refractivity contribution in [1.29, 1.82) is 0 Å². The summed E-state index contributed by atoms with van der Waals surface area (Å²) in [6.45, 7) is 3.14. The summed E-state index contributed by atoms with van der Waals surface area (Å²) in [5, 5.41) is 2.75. The average molecular weight is 230 g/mol. The monoisotopic (exact) mass is 230 g/mol. The van der Waals surface area contributed by atoms with Crippen LogP contribution < -0.4 is 11.1 Å². The average Bonchev–Trinajstić information content (AvgIpc) is 2.28. The van der Waals surface area contributed by atoms with Gasteiger partial charge < -0.3 is 11.1 Å². The van der Waals surface area contributed by atoms with E-state index in [2.05, 4.69) is 12.2 Å². The molecule has 0 unspecified atom stereocenters. The van der Waals surface area contributed by atoms with Gasteiger partial charge in [0.15, 0.2) is 0 Å². The summed E-state index contributed by atoms with van der Waals surface area (Å²) in [6.07, 6.45) is 13.9. The van der Waals surface area contributed by atoms with Gasteiger partial charge in [0, 0.05) is 0 Å². The van der Waals surface area contributed by atoms with Gasteiger partial charge in [-0.15, -0.1) is 0 Å². The van der Waals surface area contributed by atoms with Gasteiger partial charge in [-0.05, 0) is 27.1 Å². The quantitative estimate of drug-likeness (QED) is 0.562. The molecule has 0 aliphatic rings. The lowest BCUT2D eigenvalue weighted by molar-refractivity contribution is 0.558. The maximum Gasteiger partial charge on any atom is -0.00773 e. The Hall–Kier alpha value is -0.0800. The lowest BCUT2D eigenvalue weighted by Gasteiger charge is -2.00. The van der Waals surface area contributed by atoms with Gasteiger partial charge in [-0.2, -0.15) is 0 Å². The summed E-state index contributed by atoms with van der Waals surface area (Å²) in [4.78, 5) is 0. The van der Waals surface area contributed by atoms with Crippen molar-refractivity contribution in [2.45, 2.75) is 71.1 Å². The van der Waals surface area contributed by atoms with Gasteiger partial charge in [-0.1, -0.05) is 64.7 Å². The number of nitrogens with two attached hydrogens (primary N) is 1. The van der Waals surface area contributed by atoms with Gasteiger partial charge in [0.2, 0.25) is 0 Å². The Labute approximate surface area is 103 Å². The lowest BCUT2D eigenvalue weighted by atomic mass is 10.1. The van der Waals surface area contributed by atoms with Crippen LogP contribution >= 0.6 is 0 Å². The molecule has 0 aliphatic heterocycles. The molecule has 0 fully saturated rings. The van der Waals surface area contributed by atoms with Crippen molar-refractivity contribution in [3.8, 4) is 0 Å². The first-order valence-corrected chi connectivity index (χ1v) is 7.12. The van der Waals surface area contributed by atoms with Crippen LogP contribution in [0.5, 0.6) is 0 Å². The summed E-state index contributed by atoms with van der Waals surface area (Å²) < 4.78 is 0. The first kappa shape index (κ1) is 18.3. The van der Waals surface area contributed by atoms with E-state index >= 15 is 0 Å². The number of hydrogen-bond donors (Lipinski definition) is 2. The molecule has 0 saturated carbocycles. The van der Waals surface area contributed by atoms with Crippen LogP contribution in [0.2, 0.25) is 0 Å². The standard InChI is InChI=1S/C12H27N.C2H7N/c1-2-3-4-5-6-7-8-9-10-11-12-13;1-3-2/h2-13H2,1H3;3H,1-2H3. The van der Waals surface area contributed by atoms with E-state index in [1.807, 2.05) is 14.1 Å². The third-order valence-electron chi connectivity index (χ3n) is 2.56. The minimum atomic E-state index is 0.872. The summed E-state index contributed by atoms with van der Waals surface area (Å²) in [6, 6.07) is 0. The van der Waals surface area contributed by atoms with Crippen LogP contribution in [0.1, 0.15) is 71.1 Å². The Bertz CT molecular complexity index is 84.7. The summed E-state index contributed by atoms with van der Waals surface area (Å²) in [5.74, 6) is 0. The van der Waals surface area contributed by atoms with Gasteiger partial charge in [0.1, 0.15) is 0 Å². The molecule has 16 heavy (non-hydrogen) atoms. The second-order valence-electron chi connectivity index (χ2n) is 4.47. The van der Waals surface area contributed by atoms with E-state index < -0.39 is 0 Å². The molecule has 0 saturated heterocycles. The minimum Gasteiger partial charge on any atom is -0.330 e. The molecule has 100 valence electrons. The first-order chi connectivity index (χ1) is 7.83. The van der Waals surface area contributed by atoms with Crippen LogP contribution in [0.3, 0.4) is 0 Å². The zero-order valence-corrected chi connectivity index (χ0v) is 11.9. The number of rotatable bonds is 10. The fourth-order valence-corrected chi connectivity index (χ4v) is 1.63. The molecule has 0 atom stereocenters. The molecule has 0 aliphatic carbocycles. The van der Waals surface area contributed by atoms with Gasteiger partial charge in [-0.25, -0.2) is 0 Å². The van der Waals surface area contributed by atoms with Crippen molar-refractivity contribution in [2.75, 3.05) is 20.6 Å². The van der Waals surface area contributed by atoms with E-state index in [-0.39, 0.29) is 0 Å². The number of nitrogens with one attached hydrogen (secondary N) is 1. The Kier molecular flexibility index (Phi) is 23.3. The van der Waals surface area contributed by atoms with Crippen LogP contribution in [0.25, 0.3) is 0 Å². The molecule has 0 radical (unpaired) electrons. The number of hydrogen-bond acceptors (Lipinski definition) is 2. The Balaban J connectivity index is 0. The van der Waals surface area contributed by atoms with Crippen LogP contribution in [0.15, 0.2) is 0 Å². The molecule has 0 rings (SSSR count). The smallest absolute Gasteiger partial charge is 0.00773 e. The minimum absolute atomic E-state index is 0.872. The molecule has 0 aromatic rings. The second-order valence-corrected chi connectivity index (χ2v) is 4.47. The molecule has 0 amide bonds. The second kappa shape index (κ2) is 20.3. The molecular formula is C14H34N2. The van der Waals surface area contributed by atoms with E-state index in [0.29, 0.717) is 0 Å². The largest absolute Gasteiger partial charge is 0.330 e. The van der Waals surface area contributed by atoms with Crippen molar-refractivity contribution >= 4 is 0 Å². The molecule has 0 aromatic carbocycles. The SMILES string of the molecule is CCCCCCCCCCCCN.CNC. The lowest BCUT2D eigenvalue weighted by Crippen LogP contribution is -1.97. The van der Waals surface area contributed by atoms with Crippen LogP contribution in [0, 0.1) is 0 Å². The molecule has 0 bridgehead atoms. The van der Waals surface area contributed by atoms with Crippen LogP contribution in [-0.4, -0.2) is 20.6 Å². The van der Waals surface area contributed by atoms with Crippen LogP contribution in [-0.2, 0) is 0 Å². The number of unbranched alkanes of at least 4 members (excludes halogenated alkanes) is 9. The van der Waals surface area contributed by atoms with Gasteiger partial charge in [0.25, 0.3) is 0 Å². The van der Waals surface area contributed by atoms with Crippen molar-refractivity contribution in [3.63, 3.8) is 0 Å². The van der Waals surface area contributed by atoms with E-state index in [9.17, 15) is 0 Å². The van der Waals surface area contributed by atoms with Gasteiger partial charge in [-0.3, -0.25) is 0 Å². The predicted molar refractivity (Wildman–Crippen MR) is 75.9 cm³/mol.